The van der Waals surface area contributed by atoms with Crippen LogP contribution in [0.15, 0.2) is 0 Å². The molecule has 0 aliphatic rings. The minimum absolute atomic E-state index is 0. The Balaban J connectivity index is -0.000000500. The molecule has 0 saturated heterocycles. The summed E-state index contributed by atoms with van der Waals surface area (Å²) in [6.07, 6.45) is -0.0912. The van der Waals surface area contributed by atoms with Crippen molar-refractivity contribution in [3.63, 3.8) is 0 Å². The van der Waals surface area contributed by atoms with Crippen LogP contribution in [0, 0.1) is 0 Å². The monoisotopic (exact) mass is 214 g/mol. The Morgan fingerprint density at radius 1 is 1.46 bits per heavy atom. The van der Waals surface area contributed by atoms with Crippen LogP contribution < -0.4 is 18.0 Å². The second-order valence-corrected chi connectivity index (χ2v) is 3.77. The van der Waals surface area contributed by atoms with Crippen molar-refractivity contribution in [2.24, 2.45) is 5.73 Å². The molecule has 10 N–H and O–H groups in total. The van der Waals surface area contributed by atoms with Gasteiger partial charge in [-0.15, -0.1) is 0 Å². The van der Waals surface area contributed by atoms with E-state index in [1.807, 2.05) is 0 Å². The fourth-order valence-electron chi connectivity index (χ4n) is 0.477. The molecule has 7 nitrogen and oxygen atoms in total. The maximum Gasteiger partial charge on any atom is 0.366 e. The molecule has 80 valence electrons. The minimum Gasteiger partial charge on any atom is -0.480 e. The second kappa shape index (κ2) is 9.50. The Labute approximate surface area is 77.3 Å². The molecule has 0 amide bonds. The van der Waals surface area contributed by atoms with Crippen molar-refractivity contribution in [3.8, 4) is 0 Å². The van der Waals surface area contributed by atoms with Crippen LogP contribution in [-0.4, -0.2) is 34.7 Å². The summed E-state index contributed by atoms with van der Waals surface area (Å²) in [4.78, 5) is 10.1. The topological polar surface area (TPSA) is 171 Å². The summed E-state index contributed by atoms with van der Waals surface area (Å²) in [5.74, 6) is -1.11. The van der Waals surface area contributed by atoms with Crippen molar-refractivity contribution in [1.82, 2.24) is 12.3 Å². The number of nitrogens with two attached hydrogens (primary N) is 1. The summed E-state index contributed by atoms with van der Waals surface area (Å²) in [5.41, 5.74) is 5.11. The van der Waals surface area contributed by atoms with E-state index in [4.69, 9.17) is 15.9 Å². The van der Waals surface area contributed by atoms with Crippen LogP contribution in [0.2, 0.25) is 0 Å². The molecule has 0 saturated carbocycles. The number of carbonyl (C=O) groups is 1. The zero-order valence-electron chi connectivity index (χ0n) is 7.35. The number of aliphatic carboxylic acids is 1. The molecule has 0 aliphatic carbocycles. The molecule has 0 bridgehead atoms. The predicted molar refractivity (Wildman–Crippen MR) is 49.8 cm³/mol. The van der Waals surface area contributed by atoms with Crippen molar-refractivity contribution >= 4 is 13.8 Å². The lowest BCUT2D eigenvalue weighted by atomic mass is 10.2. The summed E-state index contributed by atoms with van der Waals surface area (Å²) in [6, 6.07) is -0.972. The lowest BCUT2D eigenvalue weighted by Gasteiger charge is -1.99. The number of carboxylic acid groups (broad SMARTS) is 1. The van der Waals surface area contributed by atoms with E-state index in [0.717, 1.165) is 0 Å². The van der Waals surface area contributed by atoms with E-state index >= 15 is 0 Å². The maximum absolute atomic E-state index is 10.6. The first-order valence-corrected chi connectivity index (χ1v) is 4.72. The molecule has 0 aliphatic heterocycles. The van der Waals surface area contributed by atoms with Crippen LogP contribution in [0.4, 0.5) is 0 Å². The Hall–Kier alpha value is -0.590. The molecular formula is C5H17N3O4P+. The lowest BCUT2D eigenvalue weighted by Crippen LogP contribution is -2.30. The van der Waals surface area contributed by atoms with Crippen LogP contribution in [-0.2, 0) is 9.36 Å². The van der Waals surface area contributed by atoms with Gasteiger partial charge in [0.15, 0.2) is 6.16 Å². The highest BCUT2D eigenvalue weighted by atomic mass is 31.1. The highest BCUT2D eigenvalue weighted by Crippen LogP contribution is 2.19. The molecule has 8 heteroatoms. The van der Waals surface area contributed by atoms with Crippen LogP contribution in [0.3, 0.4) is 0 Å². The molecule has 0 aromatic rings. The largest absolute Gasteiger partial charge is 0.480 e. The molecule has 2 atom stereocenters. The van der Waals surface area contributed by atoms with E-state index < -0.39 is 26.2 Å². The first kappa shape index (κ1) is 18.2. The molecule has 13 heavy (non-hydrogen) atoms. The Morgan fingerprint density at radius 3 is 2.23 bits per heavy atom. The van der Waals surface area contributed by atoms with Gasteiger partial charge in [0.25, 0.3) is 0 Å². The number of aliphatic hydroxyl groups is 1. The SMILES string of the molecule is N.N.NC(CC[P+](=O)CO)C(=O)O. The first-order chi connectivity index (χ1) is 5.07. The minimum atomic E-state index is -1.67. The van der Waals surface area contributed by atoms with Crippen LogP contribution in [0.25, 0.3) is 0 Å². The van der Waals surface area contributed by atoms with Gasteiger partial charge in [0, 0.05) is 6.42 Å². The molecule has 0 fully saturated rings. The molecule has 0 heterocycles. The maximum atomic E-state index is 10.6. The van der Waals surface area contributed by atoms with Gasteiger partial charge >= 0.3 is 13.8 Å². The Kier molecular flexibility index (Phi) is 13.3. The van der Waals surface area contributed by atoms with Crippen molar-refractivity contribution < 1.29 is 19.6 Å². The lowest BCUT2D eigenvalue weighted by molar-refractivity contribution is -0.138. The van der Waals surface area contributed by atoms with Gasteiger partial charge in [0.05, 0.1) is 0 Å². The molecule has 0 radical (unpaired) electrons. The van der Waals surface area contributed by atoms with Gasteiger partial charge in [-0.05, 0) is 0 Å². The quantitative estimate of drug-likeness (QED) is 0.397. The summed E-state index contributed by atoms with van der Waals surface area (Å²) in [7, 11) is -1.67. The summed E-state index contributed by atoms with van der Waals surface area (Å²) in [5, 5.41) is 16.6. The van der Waals surface area contributed by atoms with Gasteiger partial charge in [0.1, 0.15) is 6.04 Å². The average molecular weight is 214 g/mol. The van der Waals surface area contributed by atoms with Crippen molar-refractivity contribution in [3.05, 3.63) is 0 Å². The molecule has 0 aromatic heterocycles. The van der Waals surface area contributed by atoms with Crippen molar-refractivity contribution in [2.45, 2.75) is 12.5 Å². The number of rotatable bonds is 5. The third-order valence-electron chi connectivity index (χ3n) is 1.16. The van der Waals surface area contributed by atoms with Gasteiger partial charge in [-0.3, -0.25) is 4.79 Å². The summed E-state index contributed by atoms with van der Waals surface area (Å²) < 4.78 is 10.6. The fraction of sp³-hybridized carbons (Fsp3) is 0.800. The third-order valence-corrected chi connectivity index (χ3v) is 2.24. The normalized spacial score (nSPS) is 12.0. The van der Waals surface area contributed by atoms with Gasteiger partial charge in [-0.2, -0.15) is 0 Å². The van der Waals surface area contributed by atoms with E-state index in [1.54, 1.807) is 0 Å². The number of carboxylic acids is 1. The first-order valence-electron chi connectivity index (χ1n) is 3.09. The summed E-state index contributed by atoms with van der Waals surface area (Å²) >= 11 is 0. The molecule has 2 unspecified atom stereocenters. The van der Waals surface area contributed by atoms with Gasteiger partial charge in [0.2, 0.25) is 6.35 Å². The van der Waals surface area contributed by atoms with E-state index in [-0.39, 0.29) is 24.9 Å². The zero-order chi connectivity index (χ0) is 8.85. The van der Waals surface area contributed by atoms with Gasteiger partial charge < -0.3 is 28.2 Å². The van der Waals surface area contributed by atoms with Crippen LogP contribution in [0.1, 0.15) is 6.42 Å². The smallest absolute Gasteiger partial charge is 0.366 e. The van der Waals surface area contributed by atoms with Gasteiger partial charge in [-0.25, -0.2) is 0 Å². The molecule has 0 rings (SSSR count). The van der Waals surface area contributed by atoms with Gasteiger partial charge in [-0.1, -0.05) is 4.57 Å². The van der Waals surface area contributed by atoms with E-state index in [0.29, 0.717) is 0 Å². The molecular weight excluding hydrogens is 197 g/mol. The van der Waals surface area contributed by atoms with Crippen LogP contribution in [0.5, 0.6) is 0 Å². The highest BCUT2D eigenvalue weighted by molar-refractivity contribution is 7.44. The number of aliphatic hydroxyl groups excluding tert-OH is 1. The zero-order valence-corrected chi connectivity index (χ0v) is 8.24. The molecule has 0 aromatic carbocycles. The Bertz CT molecular complexity index is 166. The standard InChI is InChI=1S/C5H10NO4P.2H3N/c6-4(5(8)9)1-2-11(10)3-7;;/h4,7H,1-3,6H2;2*1H3/p+1. The Morgan fingerprint density at radius 2 is 1.92 bits per heavy atom. The van der Waals surface area contributed by atoms with Crippen molar-refractivity contribution in [2.75, 3.05) is 12.5 Å². The fourth-order valence-corrected chi connectivity index (χ4v) is 1.18. The van der Waals surface area contributed by atoms with Crippen molar-refractivity contribution in [1.29, 1.82) is 0 Å². The van der Waals surface area contributed by atoms with Crippen LogP contribution >= 0.6 is 7.80 Å². The van der Waals surface area contributed by atoms with E-state index in [2.05, 4.69) is 0 Å². The molecule has 0 spiro atoms. The summed E-state index contributed by atoms with van der Waals surface area (Å²) in [6.45, 7) is 0. The van der Waals surface area contributed by atoms with E-state index in [1.165, 1.54) is 0 Å². The second-order valence-electron chi connectivity index (χ2n) is 2.08. The third kappa shape index (κ3) is 9.32. The predicted octanol–water partition coefficient (Wildman–Crippen LogP) is -0.110. The highest BCUT2D eigenvalue weighted by Gasteiger charge is 2.18. The average Bonchev–Trinajstić information content (AvgIpc) is 1.99. The number of hydrogen-bond acceptors (Lipinski definition) is 6. The van der Waals surface area contributed by atoms with E-state index in [9.17, 15) is 9.36 Å². The number of hydrogen-bond donors (Lipinski definition) is 5.